The number of carbonyl (C=O) groups is 2. The fraction of sp³-hybridized carbons (Fsp3) is 0.200. The lowest BCUT2D eigenvalue weighted by Gasteiger charge is -2.19. The molecule has 6 heteroatoms. The Labute approximate surface area is 156 Å². The van der Waals surface area contributed by atoms with Crippen LogP contribution < -0.4 is 15.0 Å². The maximum absolute atomic E-state index is 12.6. The van der Waals surface area contributed by atoms with Gasteiger partial charge in [0.1, 0.15) is 12.4 Å². The van der Waals surface area contributed by atoms with Gasteiger partial charge in [-0.1, -0.05) is 29.8 Å². The second kappa shape index (κ2) is 6.84. The highest BCUT2D eigenvalue weighted by atomic mass is 35.5. The van der Waals surface area contributed by atoms with Crippen LogP contribution in [0.5, 0.6) is 5.75 Å². The molecular formula is C20H17ClN2O3. The van der Waals surface area contributed by atoms with Gasteiger partial charge in [0.05, 0.1) is 16.3 Å². The van der Waals surface area contributed by atoms with Gasteiger partial charge in [-0.05, 0) is 36.8 Å². The molecule has 1 fully saturated rings. The van der Waals surface area contributed by atoms with Crippen molar-refractivity contribution in [1.82, 2.24) is 0 Å². The molecule has 1 saturated heterocycles. The summed E-state index contributed by atoms with van der Waals surface area (Å²) in [7, 11) is 0. The molecule has 132 valence electrons. The summed E-state index contributed by atoms with van der Waals surface area (Å²) < 4.78 is 5.63. The van der Waals surface area contributed by atoms with Gasteiger partial charge < -0.3 is 15.0 Å². The third-order valence-electron chi connectivity index (χ3n) is 4.51. The van der Waals surface area contributed by atoms with Crippen molar-refractivity contribution in [2.24, 2.45) is 0 Å². The summed E-state index contributed by atoms with van der Waals surface area (Å²) in [4.78, 5) is 26.3. The van der Waals surface area contributed by atoms with E-state index in [2.05, 4.69) is 5.32 Å². The van der Waals surface area contributed by atoms with Gasteiger partial charge in [0.2, 0.25) is 5.91 Å². The Balaban J connectivity index is 1.56. The average Bonchev–Trinajstić information content (AvgIpc) is 3.09. The van der Waals surface area contributed by atoms with Gasteiger partial charge in [0.25, 0.3) is 5.91 Å². The minimum Gasteiger partial charge on any atom is -0.488 e. The average molecular weight is 369 g/mol. The van der Waals surface area contributed by atoms with Crippen molar-refractivity contribution in [3.8, 4) is 5.75 Å². The van der Waals surface area contributed by atoms with Crippen LogP contribution in [0.1, 0.15) is 18.4 Å². The van der Waals surface area contributed by atoms with E-state index in [1.165, 1.54) is 0 Å². The molecule has 0 spiro atoms. The number of fused-ring (bicyclic) bond motifs is 1. The standard InChI is InChI=1S/C20H17ClN2O3/c21-16-8-7-15(23-9-3-6-19(23)24)11-17(16)22-20(25)14-10-13-4-1-2-5-18(13)26-12-14/h1-2,4-5,7-8,10-11H,3,6,9,12H2,(H,22,25). The summed E-state index contributed by atoms with van der Waals surface area (Å²) >= 11 is 6.23. The molecule has 1 N–H and O–H groups in total. The van der Waals surface area contributed by atoms with Gasteiger partial charge in [-0.15, -0.1) is 0 Å². The highest BCUT2D eigenvalue weighted by molar-refractivity contribution is 6.34. The van der Waals surface area contributed by atoms with Crippen LogP contribution in [0.15, 0.2) is 48.0 Å². The molecule has 0 atom stereocenters. The van der Waals surface area contributed by atoms with Crippen molar-refractivity contribution >= 4 is 40.9 Å². The van der Waals surface area contributed by atoms with Crippen molar-refractivity contribution in [2.75, 3.05) is 23.4 Å². The van der Waals surface area contributed by atoms with Crippen molar-refractivity contribution in [2.45, 2.75) is 12.8 Å². The van der Waals surface area contributed by atoms with E-state index >= 15 is 0 Å². The zero-order valence-electron chi connectivity index (χ0n) is 14.0. The Bertz CT molecular complexity index is 923. The van der Waals surface area contributed by atoms with E-state index in [0.29, 0.717) is 29.2 Å². The molecule has 0 aliphatic carbocycles. The number of halogens is 1. The first-order chi connectivity index (χ1) is 12.6. The maximum atomic E-state index is 12.6. The summed E-state index contributed by atoms with van der Waals surface area (Å²) in [6.45, 7) is 0.883. The molecule has 2 aliphatic rings. The minimum atomic E-state index is -0.272. The number of nitrogens with zero attached hydrogens (tertiary/aromatic N) is 1. The smallest absolute Gasteiger partial charge is 0.255 e. The lowest BCUT2D eigenvalue weighted by molar-refractivity contribution is -0.117. The molecule has 0 aromatic heterocycles. The number of rotatable bonds is 3. The molecular weight excluding hydrogens is 352 g/mol. The van der Waals surface area contributed by atoms with Gasteiger partial charge in [-0.2, -0.15) is 0 Å². The predicted octanol–water partition coefficient (Wildman–Crippen LogP) is 3.88. The molecule has 0 saturated carbocycles. The summed E-state index contributed by atoms with van der Waals surface area (Å²) in [5, 5.41) is 3.25. The fourth-order valence-electron chi connectivity index (χ4n) is 3.15. The number of hydrogen-bond donors (Lipinski definition) is 1. The molecule has 2 heterocycles. The number of amides is 2. The molecule has 2 amide bonds. The zero-order valence-corrected chi connectivity index (χ0v) is 14.8. The van der Waals surface area contributed by atoms with E-state index in [0.717, 1.165) is 23.4 Å². The number of carbonyl (C=O) groups excluding carboxylic acids is 2. The van der Waals surface area contributed by atoms with Crippen molar-refractivity contribution in [3.63, 3.8) is 0 Å². The molecule has 0 radical (unpaired) electrons. The van der Waals surface area contributed by atoms with Gasteiger partial charge in [0.15, 0.2) is 0 Å². The summed E-state index contributed by atoms with van der Waals surface area (Å²) in [6.07, 6.45) is 3.21. The summed E-state index contributed by atoms with van der Waals surface area (Å²) in [5.41, 5.74) is 2.61. The van der Waals surface area contributed by atoms with Gasteiger partial charge in [-0.25, -0.2) is 0 Å². The molecule has 2 aromatic rings. The van der Waals surface area contributed by atoms with Crippen LogP contribution >= 0.6 is 11.6 Å². The number of para-hydroxylation sites is 1. The Hall–Kier alpha value is -2.79. The number of anilines is 2. The molecule has 4 rings (SSSR count). The molecule has 2 aromatic carbocycles. The molecule has 26 heavy (non-hydrogen) atoms. The normalized spacial score (nSPS) is 16.0. The largest absolute Gasteiger partial charge is 0.488 e. The van der Waals surface area contributed by atoms with E-state index in [1.807, 2.05) is 30.3 Å². The second-order valence-corrected chi connectivity index (χ2v) is 6.67. The van der Waals surface area contributed by atoms with Crippen LogP contribution in [-0.4, -0.2) is 25.0 Å². The van der Waals surface area contributed by atoms with Crippen molar-refractivity contribution < 1.29 is 14.3 Å². The van der Waals surface area contributed by atoms with Crippen molar-refractivity contribution in [1.29, 1.82) is 0 Å². The van der Waals surface area contributed by atoms with Crippen LogP contribution in [0.2, 0.25) is 5.02 Å². The highest BCUT2D eigenvalue weighted by Crippen LogP contribution is 2.31. The van der Waals surface area contributed by atoms with Crippen LogP contribution in [0.4, 0.5) is 11.4 Å². The monoisotopic (exact) mass is 368 g/mol. The number of nitrogens with one attached hydrogen (secondary N) is 1. The van der Waals surface area contributed by atoms with Crippen LogP contribution in [-0.2, 0) is 9.59 Å². The molecule has 0 bridgehead atoms. The van der Waals surface area contributed by atoms with E-state index in [4.69, 9.17) is 16.3 Å². The van der Waals surface area contributed by atoms with Crippen molar-refractivity contribution in [3.05, 3.63) is 58.6 Å². The predicted molar refractivity (Wildman–Crippen MR) is 102 cm³/mol. The quantitative estimate of drug-likeness (QED) is 0.894. The summed E-state index contributed by atoms with van der Waals surface area (Å²) in [6, 6.07) is 12.8. The third-order valence-corrected chi connectivity index (χ3v) is 4.84. The molecule has 2 aliphatic heterocycles. The van der Waals surface area contributed by atoms with E-state index < -0.39 is 0 Å². The highest BCUT2D eigenvalue weighted by Gasteiger charge is 2.23. The Morgan fingerprint density at radius 1 is 1.19 bits per heavy atom. The van der Waals surface area contributed by atoms with Crippen LogP contribution in [0.25, 0.3) is 6.08 Å². The first-order valence-electron chi connectivity index (χ1n) is 8.45. The van der Waals surface area contributed by atoms with Crippen LogP contribution in [0, 0.1) is 0 Å². The minimum absolute atomic E-state index is 0.0876. The third kappa shape index (κ3) is 3.18. The Kier molecular flexibility index (Phi) is 4.39. The SMILES string of the molecule is O=C(Nc1cc(N2CCCC2=O)ccc1Cl)C1=Cc2ccccc2OC1. The maximum Gasteiger partial charge on any atom is 0.255 e. The van der Waals surface area contributed by atoms with E-state index in [9.17, 15) is 9.59 Å². The van der Waals surface area contributed by atoms with Gasteiger partial charge in [-0.3, -0.25) is 9.59 Å². The lowest BCUT2D eigenvalue weighted by atomic mass is 10.1. The Morgan fingerprint density at radius 2 is 2.04 bits per heavy atom. The number of benzene rings is 2. The fourth-order valence-corrected chi connectivity index (χ4v) is 3.31. The van der Waals surface area contributed by atoms with E-state index in [1.54, 1.807) is 23.1 Å². The first-order valence-corrected chi connectivity index (χ1v) is 8.83. The van der Waals surface area contributed by atoms with E-state index in [-0.39, 0.29) is 18.4 Å². The van der Waals surface area contributed by atoms with Gasteiger partial charge in [0, 0.05) is 24.2 Å². The molecule has 0 unspecified atom stereocenters. The number of hydrogen-bond acceptors (Lipinski definition) is 3. The van der Waals surface area contributed by atoms with Gasteiger partial charge >= 0.3 is 0 Å². The zero-order chi connectivity index (χ0) is 18.1. The molecule has 5 nitrogen and oxygen atoms in total. The first kappa shape index (κ1) is 16.7. The number of ether oxygens (including phenoxy) is 1. The Morgan fingerprint density at radius 3 is 2.85 bits per heavy atom. The lowest BCUT2D eigenvalue weighted by Crippen LogP contribution is -2.24. The van der Waals surface area contributed by atoms with Crippen LogP contribution in [0.3, 0.4) is 0 Å². The summed E-state index contributed by atoms with van der Waals surface area (Å²) in [5.74, 6) is 0.576. The topological polar surface area (TPSA) is 58.6 Å². The second-order valence-electron chi connectivity index (χ2n) is 6.26.